The van der Waals surface area contributed by atoms with E-state index < -0.39 is 55.8 Å². The number of allylic oxidation sites excluding steroid dienone is 1. The van der Waals surface area contributed by atoms with Gasteiger partial charge < -0.3 is 25.2 Å². The first-order valence-corrected chi connectivity index (χ1v) is 15.2. The van der Waals surface area contributed by atoms with Gasteiger partial charge in [-0.25, -0.2) is 17.6 Å². The van der Waals surface area contributed by atoms with Crippen LogP contribution in [0, 0.1) is 23.6 Å². The lowest BCUT2D eigenvalue weighted by Crippen LogP contribution is -2.47. The van der Waals surface area contributed by atoms with Crippen LogP contribution in [0.5, 0.6) is 11.5 Å². The molecule has 3 aromatic rings. The molecule has 2 bridgehead atoms. The van der Waals surface area contributed by atoms with Crippen molar-refractivity contribution in [1.82, 2.24) is 5.32 Å². The van der Waals surface area contributed by atoms with Crippen LogP contribution in [0.25, 0.3) is 0 Å². The quantitative estimate of drug-likeness (QED) is 0.204. The maximum Gasteiger partial charge on any atom is 0.501 e. The van der Waals surface area contributed by atoms with Gasteiger partial charge in [0.15, 0.2) is 11.6 Å². The van der Waals surface area contributed by atoms with Gasteiger partial charge in [0.05, 0.1) is 29.1 Å². The van der Waals surface area contributed by atoms with Crippen molar-refractivity contribution >= 4 is 33.3 Å². The van der Waals surface area contributed by atoms with E-state index in [0.29, 0.717) is 18.1 Å². The zero-order valence-corrected chi connectivity index (χ0v) is 24.7. The Morgan fingerprint density at radius 2 is 1.70 bits per heavy atom. The van der Waals surface area contributed by atoms with Crippen LogP contribution in [-0.2, 0) is 21.2 Å². The van der Waals surface area contributed by atoms with Gasteiger partial charge in [0.1, 0.15) is 12.4 Å². The van der Waals surface area contributed by atoms with Gasteiger partial charge in [-0.2, -0.15) is 13.2 Å². The maximum absolute atomic E-state index is 14.9. The number of aromatic carboxylic acids is 1. The maximum atomic E-state index is 14.9. The molecule has 1 fully saturated rings. The highest BCUT2D eigenvalue weighted by Crippen LogP contribution is 2.45. The number of amides is 2. The van der Waals surface area contributed by atoms with Gasteiger partial charge in [-0.1, -0.05) is 30.4 Å². The number of methoxy groups -OCH3 is 1. The van der Waals surface area contributed by atoms with Crippen LogP contribution in [-0.4, -0.2) is 50.0 Å². The van der Waals surface area contributed by atoms with Gasteiger partial charge in [0.25, 0.3) is 15.7 Å². The van der Waals surface area contributed by atoms with Crippen molar-refractivity contribution in [2.24, 2.45) is 17.8 Å². The molecule has 0 aliphatic heterocycles. The minimum Gasteiger partial charge on any atom is -0.496 e. The number of ether oxygens (including phenoxy) is 2. The molecule has 242 valence electrons. The SMILES string of the molecule is COc1cc(F)c(OCc2cccc(C(=O)O)c2)cc1C(=O)NC1C2C=CC(C2)C1C(=O)Nc1cccc(S(=O)(=O)C(F)(F)F)c1. The number of carboxylic acids is 1. The molecule has 1 saturated carbocycles. The molecule has 46 heavy (non-hydrogen) atoms. The van der Waals surface area contributed by atoms with Gasteiger partial charge in [-0.15, -0.1) is 0 Å². The van der Waals surface area contributed by atoms with E-state index in [9.17, 15) is 45.5 Å². The van der Waals surface area contributed by atoms with Crippen LogP contribution >= 0.6 is 0 Å². The first kappa shape index (κ1) is 32.5. The Kier molecular flexibility index (Phi) is 8.80. The molecule has 0 spiro atoms. The number of rotatable bonds is 10. The Balaban J connectivity index is 1.34. The fraction of sp³-hybridized carbons (Fsp3) is 0.258. The molecule has 0 radical (unpaired) electrons. The third-order valence-corrected chi connectivity index (χ3v) is 9.33. The van der Waals surface area contributed by atoms with E-state index >= 15 is 0 Å². The second-order valence-corrected chi connectivity index (χ2v) is 12.7. The standard InChI is InChI=1S/C31H26F4N2O8S/c1-44-24-14-23(32)25(45-15-16-4-2-5-19(10-16)30(40)41)13-22(24)28(38)37-27-18-9-8-17(11-18)26(27)29(39)36-20-6-3-7-21(12-20)46(42,43)31(33,34)35/h2-10,12-14,17-18,26-27H,11,15H2,1H3,(H,36,39)(H,37,38)(H,40,41). The predicted molar refractivity (Wildman–Crippen MR) is 154 cm³/mol. The minimum absolute atomic E-state index is 0.00826. The van der Waals surface area contributed by atoms with Crippen LogP contribution < -0.4 is 20.1 Å². The molecule has 5 rings (SSSR count). The van der Waals surface area contributed by atoms with Crippen molar-refractivity contribution in [1.29, 1.82) is 0 Å². The number of carboxylic acid groups (broad SMARTS) is 1. The summed E-state index contributed by atoms with van der Waals surface area (Å²) in [7, 11) is -4.42. The number of carbonyl (C=O) groups is 3. The Hall–Kier alpha value is -4.92. The summed E-state index contributed by atoms with van der Waals surface area (Å²) in [5.74, 6) is -5.29. The van der Waals surface area contributed by atoms with Gasteiger partial charge in [0, 0.05) is 17.8 Å². The molecule has 4 atom stereocenters. The molecular weight excluding hydrogens is 636 g/mol. The zero-order chi connectivity index (χ0) is 33.4. The number of carbonyl (C=O) groups excluding carboxylic acids is 2. The average Bonchev–Trinajstić information content (AvgIpc) is 3.62. The van der Waals surface area contributed by atoms with Crippen molar-refractivity contribution in [3.05, 3.63) is 95.3 Å². The zero-order valence-electron chi connectivity index (χ0n) is 23.9. The first-order chi connectivity index (χ1) is 21.7. The summed E-state index contributed by atoms with van der Waals surface area (Å²) in [6.07, 6.45) is 4.12. The molecule has 2 aliphatic rings. The summed E-state index contributed by atoms with van der Waals surface area (Å²) in [6.45, 7) is -0.212. The second-order valence-electron chi connectivity index (χ2n) is 10.7. The Labute approximate surface area is 259 Å². The number of halogens is 4. The Bertz CT molecular complexity index is 1840. The highest BCUT2D eigenvalue weighted by molar-refractivity contribution is 7.92. The number of nitrogens with one attached hydrogen (secondary N) is 2. The highest BCUT2D eigenvalue weighted by atomic mass is 32.2. The normalized spacial score (nSPS) is 20.3. The summed E-state index contributed by atoms with van der Waals surface area (Å²) in [5.41, 5.74) is -5.38. The van der Waals surface area contributed by atoms with E-state index in [4.69, 9.17) is 9.47 Å². The Morgan fingerprint density at radius 3 is 2.39 bits per heavy atom. The highest BCUT2D eigenvalue weighted by Gasteiger charge is 2.49. The fourth-order valence-corrected chi connectivity index (χ4v) is 6.46. The predicted octanol–water partition coefficient (Wildman–Crippen LogP) is 4.96. The van der Waals surface area contributed by atoms with Gasteiger partial charge in [-0.3, -0.25) is 9.59 Å². The van der Waals surface area contributed by atoms with Crippen LogP contribution in [0.3, 0.4) is 0 Å². The molecule has 0 heterocycles. The van der Waals surface area contributed by atoms with E-state index in [-0.39, 0.29) is 46.8 Å². The fourth-order valence-electron chi connectivity index (χ4n) is 5.65. The summed E-state index contributed by atoms with van der Waals surface area (Å²) in [5, 5.41) is 14.5. The summed E-state index contributed by atoms with van der Waals surface area (Å²) < 4.78 is 88.5. The molecule has 0 saturated heterocycles. The molecule has 3 aromatic carbocycles. The summed E-state index contributed by atoms with van der Waals surface area (Å²) >= 11 is 0. The molecule has 0 aromatic heterocycles. The molecule has 10 nitrogen and oxygen atoms in total. The second kappa shape index (κ2) is 12.5. The van der Waals surface area contributed by atoms with Crippen molar-refractivity contribution in [2.75, 3.05) is 12.4 Å². The van der Waals surface area contributed by atoms with Crippen molar-refractivity contribution in [2.45, 2.75) is 29.5 Å². The summed E-state index contributed by atoms with van der Waals surface area (Å²) in [4.78, 5) is 37.1. The van der Waals surface area contributed by atoms with Crippen molar-refractivity contribution in [3.63, 3.8) is 0 Å². The topological polar surface area (TPSA) is 148 Å². The number of alkyl halides is 3. The lowest BCUT2D eigenvalue weighted by atomic mass is 9.87. The molecule has 15 heteroatoms. The number of benzene rings is 3. The van der Waals surface area contributed by atoms with Gasteiger partial charge in [-0.05, 0) is 60.2 Å². The first-order valence-electron chi connectivity index (χ1n) is 13.7. The average molecular weight is 663 g/mol. The lowest BCUT2D eigenvalue weighted by molar-refractivity contribution is -0.121. The van der Waals surface area contributed by atoms with Crippen LogP contribution in [0.1, 0.15) is 32.7 Å². The smallest absolute Gasteiger partial charge is 0.496 e. The van der Waals surface area contributed by atoms with Gasteiger partial charge >= 0.3 is 11.5 Å². The van der Waals surface area contributed by atoms with Crippen LogP contribution in [0.15, 0.2) is 77.7 Å². The van der Waals surface area contributed by atoms with E-state index in [2.05, 4.69) is 10.6 Å². The third kappa shape index (κ3) is 6.40. The largest absolute Gasteiger partial charge is 0.501 e. The van der Waals surface area contributed by atoms with E-state index in [0.717, 1.165) is 24.3 Å². The molecular formula is C31H26F4N2O8S. The molecule has 4 unspecified atom stereocenters. The molecule has 2 amide bonds. The number of sulfone groups is 1. The summed E-state index contributed by atoms with van der Waals surface area (Å²) in [6, 6.07) is 10.9. The number of hydrogen-bond acceptors (Lipinski definition) is 7. The minimum atomic E-state index is -5.65. The monoisotopic (exact) mass is 662 g/mol. The van der Waals surface area contributed by atoms with Crippen molar-refractivity contribution < 1.29 is 54.9 Å². The molecule has 2 aliphatic carbocycles. The van der Waals surface area contributed by atoms with E-state index in [1.54, 1.807) is 12.1 Å². The lowest BCUT2D eigenvalue weighted by Gasteiger charge is -2.28. The van der Waals surface area contributed by atoms with Crippen LogP contribution in [0.4, 0.5) is 23.2 Å². The van der Waals surface area contributed by atoms with E-state index in [1.165, 1.54) is 31.4 Å². The molecule has 3 N–H and O–H groups in total. The third-order valence-electron chi connectivity index (χ3n) is 7.84. The van der Waals surface area contributed by atoms with Crippen molar-refractivity contribution in [3.8, 4) is 11.5 Å². The Morgan fingerprint density at radius 1 is 0.978 bits per heavy atom. The van der Waals surface area contributed by atoms with E-state index in [1.807, 2.05) is 6.08 Å². The number of fused-ring (bicyclic) bond motifs is 2. The van der Waals surface area contributed by atoms with Crippen LogP contribution in [0.2, 0.25) is 0 Å². The number of anilines is 1. The number of hydrogen-bond donors (Lipinski definition) is 3. The van der Waals surface area contributed by atoms with Gasteiger partial charge in [0.2, 0.25) is 5.91 Å².